The molecule has 0 radical (unpaired) electrons. The highest BCUT2D eigenvalue weighted by Gasteiger charge is 2.17. The molecule has 1 N–H and O–H groups in total. The van der Waals surface area contributed by atoms with Gasteiger partial charge in [0.2, 0.25) is 5.91 Å². The van der Waals surface area contributed by atoms with Gasteiger partial charge in [0.1, 0.15) is 11.4 Å². The highest BCUT2D eigenvalue weighted by Crippen LogP contribution is 2.35. The number of anilines is 1. The van der Waals surface area contributed by atoms with E-state index in [1.807, 2.05) is 49.6 Å². The van der Waals surface area contributed by atoms with E-state index in [1.54, 1.807) is 11.3 Å². The van der Waals surface area contributed by atoms with Crippen molar-refractivity contribution in [1.82, 2.24) is 9.55 Å². The summed E-state index contributed by atoms with van der Waals surface area (Å²) in [6.07, 6.45) is 1.46. The van der Waals surface area contributed by atoms with Crippen LogP contribution in [-0.2, 0) is 11.3 Å². The van der Waals surface area contributed by atoms with Crippen LogP contribution in [0.3, 0.4) is 0 Å². The molecule has 154 valence electrons. The number of para-hydroxylation sites is 1. The van der Waals surface area contributed by atoms with Crippen LogP contribution >= 0.6 is 22.7 Å². The van der Waals surface area contributed by atoms with Crippen molar-refractivity contribution in [1.29, 1.82) is 0 Å². The molecule has 0 aliphatic carbocycles. The molecule has 0 fully saturated rings. The molecule has 0 saturated heterocycles. The second-order valence-corrected chi connectivity index (χ2v) is 9.81. The summed E-state index contributed by atoms with van der Waals surface area (Å²) in [6, 6.07) is 10.1. The summed E-state index contributed by atoms with van der Waals surface area (Å²) in [5.74, 6) is 0.0433. The van der Waals surface area contributed by atoms with Crippen LogP contribution in [0.25, 0.3) is 20.7 Å². The van der Waals surface area contributed by atoms with Gasteiger partial charge in [-0.1, -0.05) is 32.0 Å². The average Bonchev–Trinajstić information content (AvgIpc) is 3.31. The van der Waals surface area contributed by atoms with Crippen molar-refractivity contribution in [2.45, 2.75) is 40.2 Å². The molecule has 1 amide bonds. The van der Waals surface area contributed by atoms with Crippen molar-refractivity contribution in [3.8, 4) is 10.4 Å². The van der Waals surface area contributed by atoms with Crippen LogP contribution < -0.4 is 10.9 Å². The van der Waals surface area contributed by atoms with E-state index in [2.05, 4.69) is 24.1 Å². The second kappa shape index (κ2) is 8.16. The number of carbonyl (C=O) groups is 1. The number of aromatic nitrogens is 2. The van der Waals surface area contributed by atoms with Gasteiger partial charge in [-0.05, 0) is 43.0 Å². The first-order chi connectivity index (χ1) is 14.3. The van der Waals surface area contributed by atoms with Crippen LogP contribution in [0.15, 0.2) is 46.8 Å². The molecule has 0 aliphatic heterocycles. The third kappa shape index (κ3) is 3.82. The molecule has 0 bridgehead atoms. The molecule has 0 unspecified atom stereocenters. The Morgan fingerprint density at radius 2 is 2.00 bits per heavy atom. The van der Waals surface area contributed by atoms with Crippen molar-refractivity contribution in [2.24, 2.45) is 0 Å². The zero-order valence-corrected chi connectivity index (χ0v) is 19.0. The number of thiophene rings is 2. The van der Waals surface area contributed by atoms with Crippen molar-refractivity contribution in [3.05, 3.63) is 68.4 Å². The van der Waals surface area contributed by atoms with Crippen molar-refractivity contribution < 1.29 is 4.79 Å². The van der Waals surface area contributed by atoms with E-state index >= 15 is 0 Å². The lowest BCUT2D eigenvalue weighted by atomic mass is 9.98. The van der Waals surface area contributed by atoms with Gasteiger partial charge in [-0.15, -0.1) is 22.7 Å². The first-order valence-electron chi connectivity index (χ1n) is 9.78. The Kier molecular flexibility index (Phi) is 5.58. The fourth-order valence-electron chi connectivity index (χ4n) is 3.52. The first kappa shape index (κ1) is 20.5. The van der Waals surface area contributed by atoms with E-state index in [0.29, 0.717) is 10.2 Å². The van der Waals surface area contributed by atoms with Gasteiger partial charge in [-0.3, -0.25) is 14.2 Å². The van der Waals surface area contributed by atoms with Gasteiger partial charge in [-0.25, -0.2) is 4.98 Å². The van der Waals surface area contributed by atoms with Gasteiger partial charge in [0.15, 0.2) is 0 Å². The minimum Gasteiger partial charge on any atom is -0.324 e. The van der Waals surface area contributed by atoms with E-state index in [1.165, 1.54) is 27.1 Å². The van der Waals surface area contributed by atoms with Gasteiger partial charge in [0.25, 0.3) is 5.56 Å². The minimum atomic E-state index is -0.238. The SMILES string of the molecule is Cc1ccc(-c2csc3ncn(CC(=O)Nc4c(C)cccc4C(C)C)c(=O)c23)s1. The molecule has 1 aromatic carbocycles. The zero-order valence-electron chi connectivity index (χ0n) is 17.4. The van der Waals surface area contributed by atoms with E-state index in [4.69, 9.17) is 0 Å². The number of hydrogen-bond donors (Lipinski definition) is 1. The molecule has 3 heterocycles. The van der Waals surface area contributed by atoms with Crippen LogP contribution in [0, 0.1) is 13.8 Å². The third-order valence-electron chi connectivity index (χ3n) is 5.07. The van der Waals surface area contributed by atoms with Crippen LogP contribution in [0.2, 0.25) is 0 Å². The average molecular weight is 438 g/mol. The van der Waals surface area contributed by atoms with E-state index < -0.39 is 0 Å². The standard InChI is InChI=1S/C23H23N3O2S2/c1-13(2)16-7-5-6-14(3)21(16)25-19(27)10-26-12-24-22-20(23(26)28)17(11-29-22)18-9-8-15(4)30-18/h5-9,11-13H,10H2,1-4H3,(H,25,27). The molecule has 0 atom stereocenters. The zero-order chi connectivity index (χ0) is 21.4. The molecule has 3 aromatic heterocycles. The fourth-order valence-corrected chi connectivity index (χ4v) is 5.38. The third-order valence-corrected chi connectivity index (χ3v) is 6.99. The Bertz CT molecular complexity index is 1300. The quantitative estimate of drug-likeness (QED) is 0.444. The van der Waals surface area contributed by atoms with Crippen molar-refractivity contribution >= 4 is 44.5 Å². The molecule has 0 saturated carbocycles. The van der Waals surface area contributed by atoms with Crippen molar-refractivity contribution in [3.63, 3.8) is 0 Å². The molecule has 4 rings (SSSR count). The van der Waals surface area contributed by atoms with Crippen molar-refractivity contribution in [2.75, 3.05) is 5.32 Å². The Morgan fingerprint density at radius 3 is 2.70 bits per heavy atom. The lowest BCUT2D eigenvalue weighted by Crippen LogP contribution is -2.28. The Labute approximate surface area is 183 Å². The summed E-state index contributed by atoms with van der Waals surface area (Å²) in [5.41, 5.74) is 3.61. The number of rotatable bonds is 5. The Hall–Kier alpha value is -2.77. The number of hydrogen-bond acceptors (Lipinski definition) is 5. The monoisotopic (exact) mass is 437 g/mol. The molecule has 0 spiro atoms. The van der Waals surface area contributed by atoms with Gasteiger partial charge in [0, 0.05) is 26.4 Å². The number of aryl methyl sites for hydroxylation is 2. The van der Waals surface area contributed by atoms with Crippen LogP contribution in [0.1, 0.15) is 35.8 Å². The molecule has 5 nitrogen and oxygen atoms in total. The lowest BCUT2D eigenvalue weighted by Gasteiger charge is -2.16. The van der Waals surface area contributed by atoms with Gasteiger partial charge in [-0.2, -0.15) is 0 Å². The number of carbonyl (C=O) groups excluding carboxylic acids is 1. The fraction of sp³-hybridized carbons (Fsp3) is 0.261. The minimum absolute atomic E-state index is 0.0770. The number of fused-ring (bicyclic) bond motifs is 1. The summed E-state index contributed by atoms with van der Waals surface area (Å²) in [4.78, 5) is 33.3. The van der Waals surface area contributed by atoms with Crippen LogP contribution in [0.4, 0.5) is 5.69 Å². The largest absolute Gasteiger partial charge is 0.324 e. The summed E-state index contributed by atoms with van der Waals surface area (Å²) in [6.45, 7) is 8.13. The van der Waals surface area contributed by atoms with Gasteiger partial charge >= 0.3 is 0 Å². The molecule has 30 heavy (non-hydrogen) atoms. The molecular formula is C23H23N3O2S2. The Balaban J connectivity index is 1.66. The highest BCUT2D eigenvalue weighted by molar-refractivity contribution is 7.19. The van der Waals surface area contributed by atoms with Gasteiger partial charge < -0.3 is 5.32 Å². The topological polar surface area (TPSA) is 64.0 Å². The molecule has 4 aromatic rings. The van der Waals surface area contributed by atoms with E-state index in [0.717, 1.165) is 27.3 Å². The highest BCUT2D eigenvalue weighted by atomic mass is 32.1. The second-order valence-electron chi connectivity index (χ2n) is 7.66. The van der Waals surface area contributed by atoms with Crippen LogP contribution in [-0.4, -0.2) is 15.5 Å². The summed E-state index contributed by atoms with van der Waals surface area (Å²) >= 11 is 3.10. The normalized spacial score (nSPS) is 11.4. The summed E-state index contributed by atoms with van der Waals surface area (Å²) in [5, 5.41) is 5.55. The van der Waals surface area contributed by atoms with Crippen LogP contribution in [0.5, 0.6) is 0 Å². The van der Waals surface area contributed by atoms with Gasteiger partial charge in [0.05, 0.1) is 11.7 Å². The maximum atomic E-state index is 13.2. The number of nitrogens with zero attached hydrogens (tertiary/aromatic N) is 2. The number of amides is 1. The lowest BCUT2D eigenvalue weighted by molar-refractivity contribution is -0.116. The predicted octanol–water partition coefficient (Wildman–Crippen LogP) is 5.57. The summed E-state index contributed by atoms with van der Waals surface area (Å²) in [7, 11) is 0. The smallest absolute Gasteiger partial charge is 0.263 e. The maximum absolute atomic E-state index is 13.2. The number of benzene rings is 1. The predicted molar refractivity (Wildman–Crippen MR) is 126 cm³/mol. The van der Waals surface area contributed by atoms with E-state index in [9.17, 15) is 9.59 Å². The molecular weight excluding hydrogens is 414 g/mol. The number of nitrogens with one attached hydrogen (secondary N) is 1. The summed E-state index contributed by atoms with van der Waals surface area (Å²) < 4.78 is 1.39. The Morgan fingerprint density at radius 1 is 1.20 bits per heavy atom. The van der Waals surface area contributed by atoms with E-state index in [-0.39, 0.29) is 23.9 Å². The molecule has 7 heteroatoms. The molecule has 0 aliphatic rings. The first-order valence-corrected chi connectivity index (χ1v) is 11.5. The maximum Gasteiger partial charge on any atom is 0.263 e.